The average molecular weight is 241 g/mol. The van der Waals surface area contributed by atoms with Crippen LogP contribution in [-0.2, 0) is 0 Å². The topological polar surface area (TPSA) is 38.7 Å². The van der Waals surface area contributed by atoms with E-state index in [4.69, 9.17) is 21.1 Å². The molecule has 0 amide bonds. The molecular formula is C12H13ClO3. The molecule has 3 nitrogen and oxygen atoms in total. The van der Waals surface area contributed by atoms with Crippen molar-refractivity contribution in [3.05, 3.63) is 22.7 Å². The van der Waals surface area contributed by atoms with Crippen molar-refractivity contribution in [3.8, 4) is 11.5 Å². The lowest BCUT2D eigenvalue weighted by atomic mass is 10.0. The standard InChI is InChI=1S/C12H13ClO3/c13-9-6-11-10(15-3-4-16-11)5-8(9)12(14)7-1-2-7/h5-7,12,14H,1-4H2. The van der Waals surface area contributed by atoms with Crippen LogP contribution in [0.3, 0.4) is 0 Å². The molecule has 0 saturated heterocycles. The quantitative estimate of drug-likeness (QED) is 0.864. The summed E-state index contributed by atoms with van der Waals surface area (Å²) in [6.07, 6.45) is 1.68. The van der Waals surface area contributed by atoms with Crippen molar-refractivity contribution in [3.63, 3.8) is 0 Å². The molecule has 0 aromatic heterocycles. The van der Waals surface area contributed by atoms with Crippen LogP contribution in [0.25, 0.3) is 0 Å². The Bertz CT molecular complexity index is 415. The Morgan fingerprint density at radius 2 is 1.81 bits per heavy atom. The van der Waals surface area contributed by atoms with Crippen molar-refractivity contribution in [2.24, 2.45) is 5.92 Å². The first-order chi connectivity index (χ1) is 7.75. The molecule has 1 saturated carbocycles. The monoisotopic (exact) mass is 240 g/mol. The normalized spacial score (nSPS) is 20.6. The van der Waals surface area contributed by atoms with E-state index in [1.807, 2.05) is 0 Å². The van der Waals surface area contributed by atoms with E-state index >= 15 is 0 Å². The lowest BCUT2D eigenvalue weighted by Crippen LogP contribution is -2.16. The highest BCUT2D eigenvalue weighted by Gasteiger charge is 2.33. The van der Waals surface area contributed by atoms with Crippen molar-refractivity contribution >= 4 is 11.6 Å². The SMILES string of the molecule is OC(c1cc2c(cc1Cl)OCCO2)C1CC1. The Kier molecular flexibility index (Phi) is 2.45. The van der Waals surface area contributed by atoms with Crippen molar-refractivity contribution in [2.45, 2.75) is 18.9 Å². The summed E-state index contributed by atoms with van der Waals surface area (Å²) in [7, 11) is 0. The number of aliphatic hydroxyl groups is 1. The van der Waals surface area contributed by atoms with E-state index in [0.717, 1.165) is 18.4 Å². The van der Waals surface area contributed by atoms with Gasteiger partial charge in [-0.1, -0.05) is 11.6 Å². The number of hydrogen-bond donors (Lipinski definition) is 1. The number of benzene rings is 1. The van der Waals surface area contributed by atoms with Crippen molar-refractivity contribution in [2.75, 3.05) is 13.2 Å². The van der Waals surface area contributed by atoms with Gasteiger partial charge in [-0.2, -0.15) is 0 Å². The van der Waals surface area contributed by atoms with E-state index in [1.54, 1.807) is 12.1 Å². The molecule has 2 aliphatic rings. The summed E-state index contributed by atoms with van der Waals surface area (Å²) < 4.78 is 10.9. The third-order valence-electron chi connectivity index (χ3n) is 3.05. The Hall–Kier alpha value is -0.930. The molecule has 1 N–H and O–H groups in total. The van der Waals surface area contributed by atoms with E-state index in [2.05, 4.69) is 0 Å². The molecule has 1 aromatic carbocycles. The second kappa shape index (κ2) is 3.82. The van der Waals surface area contributed by atoms with Crippen molar-refractivity contribution in [1.82, 2.24) is 0 Å². The van der Waals surface area contributed by atoms with Gasteiger partial charge in [0.15, 0.2) is 11.5 Å². The van der Waals surface area contributed by atoms with Gasteiger partial charge in [-0.05, 0) is 24.8 Å². The van der Waals surface area contributed by atoms with E-state index in [-0.39, 0.29) is 0 Å². The Labute approximate surface area is 98.9 Å². The van der Waals surface area contributed by atoms with Gasteiger partial charge in [0.1, 0.15) is 13.2 Å². The summed E-state index contributed by atoms with van der Waals surface area (Å²) >= 11 is 6.13. The molecule has 1 aromatic rings. The van der Waals surface area contributed by atoms with Gasteiger partial charge in [-0.3, -0.25) is 0 Å². The van der Waals surface area contributed by atoms with Crippen LogP contribution >= 0.6 is 11.6 Å². The van der Waals surface area contributed by atoms with Gasteiger partial charge in [-0.15, -0.1) is 0 Å². The zero-order chi connectivity index (χ0) is 11.1. The lowest BCUT2D eigenvalue weighted by Gasteiger charge is -2.21. The predicted molar refractivity (Wildman–Crippen MR) is 60.1 cm³/mol. The van der Waals surface area contributed by atoms with Gasteiger partial charge in [0.2, 0.25) is 0 Å². The molecule has 1 heterocycles. The van der Waals surface area contributed by atoms with Crippen LogP contribution in [0.1, 0.15) is 24.5 Å². The van der Waals surface area contributed by atoms with E-state index in [1.165, 1.54) is 0 Å². The first-order valence-electron chi connectivity index (χ1n) is 5.53. The lowest BCUT2D eigenvalue weighted by molar-refractivity contribution is 0.149. The fourth-order valence-electron chi connectivity index (χ4n) is 1.97. The summed E-state index contributed by atoms with van der Waals surface area (Å²) in [5.41, 5.74) is 0.758. The van der Waals surface area contributed by atoms with Crippen LogP contribution in [0.5, 0.6) is 11.5 Å². The minimum Gasteiger partial charge on any atom is -0.486 e. The largest absolute Gasteiger partial charge is 0.486 e. The number of halogens is 1. The molecular weight excluding hydrogens is 228 g/mol. The summed E-state index contributed by atoms with van der Waals surface area (Å²) in [5, 5.41) is 10.6. The maximum atomic E-state index is 10.1. The van der Waals surface area contributed by atoms with Crippen LogP contribution < -0.4 is 9.47 Å². The van der Waals surface area contributed by atoms with E-state index in [0.29, 0.717) is 35.7 Å². The molecule has 1 unspecified atom stereocenters. The van der Waals surface area contributed by atoms with Crippen molar-refractivity contribution in [1.29, 1.82) is 0 Å². The highest BCUT2D eigenvalue weighted by Crippen LogP contribution is 2.45. The zero-order valence-electron chi connectivity index (χ0n) is 8.78. The van der Waals surface area contributed by atoms with Crippen LogP contribution in [0.2, 0.25) is 5.02 Å². The van der Waals surface area contributed by atoms with Crippen LogP contribution in [0.4, 0.5) is 0 Å². The molecule has 0 spiro atoms. The maximum Gasteiger partial charge on any atom is 0.162 e. The third kappa shape index (κ3) is 1.74. The van der Waals surface area contributed by atoms with Gasteiger partial charge in [0.05, 0.1) is 11.1 Å². The molecule has 1 fully saturated rings. The molecule has 16 heavy (non-hydrogen) atoms. The summed E-state index contributed by atoms with van der Waals surface area (Å²) in [6, 6.07) is 3.54. The maximum absolute atomic E-state index is 10.1. The van der Waals surface area contributed by atoms with Gasteiger partial charge in [0.25, 0.3) is 0 Å². The number of rotatable bonds is 2. The van der Waals surface area contributed by atoms with Gasteiger partial charge < -0.3 is 14.6 Å². The van der Waals surface area contributed by atoms with Crippen LogP contribution in [0.15, 0.2) is 12.1 Å². The fourth-order valence-corrected chi connectivity index (χ4v) is 2.24. The minimum absolute atomic E-state index is 0.361. The molecule has 4 heteroatoms. The molecule has 3 rings (SSSR count). The van der Waals surface area contributed by atoms with Gasteiger partial charge in [0, 0.05) is 11.6 Å². The Morgan fingerprint density at radius 3 is 2.44 bits per heavy atom. The third-order valence-corrected chi connectivity index (χ3v) is 3.38. The van der Waals surface area contributed by atoms with Crippen molar-refractivity contribution < 1.29 is 14.6 Å². The van der Waals surface area contributed by atoms with E-state index < -0.39 is 6.10 Å². The Morgan fingerprint density at radius 1 is 1.19 bits per heavy atom. The molecule has 1 aliphatic carbocycles. The Balaban J connectivity index is 1.97. The van der Waals surface area contributed by atoms with Crippen LogP contribution in [-0.4, -0.2) is 18.3 Å². The molecule has 1 atom stereocenters. The van der Waals surface area contributed by atoms with Crippen LogP contribution in [0, 0.1) is 5.92 Å². The van der Waals surface area contributed by atoms with Gasteiger partial charge in [-0.25, -0.2) is 0 Å². The number of fused-ring (bicyclic) bond motifs is 1. The molecule has 0 radical (unpaired) electrons. The zero-order valence-corrected chi connectivity index (χ0v) is 9.54. The second-order valence-electron chi connectivity index (χ2n) is 4.30. The number of hydrogen-bond acceptors (Lipinski definition) is 3. The summed E-state index contributed by atoms with van der Waals surface area (Å²) in [6.45, 7) is 1.10. The first-order valence-corrected chi connectivity index (χ1v) is 5.90. The smallest absolute Gasteiger partial charge is 0.162 e. The predicted octanol–water partition coefficient (Wildman–Crippen LogP) is 2.55. The molecule has 1 aliphatic heterocycles. The highest BCUT2D eigenvalue weighted by atomic mass is 35.5. The summed E-state index contributed by atoms with van der Waals surface area (Å²) in [5.74, 6) is 1.72. The molecule has 0 bridgehead atoms. The number of ether oxygens (including phenoxy) is 2. The second-order valence-corrected chi connectivity index (χ2v) is 4.71. The molecule has 86 valence electrons. The average Bonchev–Trinajstić information content (AvgIpc) is 3.11. The fraction of sp³-hybridized carbons (Fsp3) is 0.500. The minimum atomic E-state index is -0.469. The number of aliphatic hydroxyl groups excluding tert-OH is 1. The highest BCUT2D eigenvalue weighted by molar-refractivity contribution is 6.31. The van der Waals surface area contributed by atoms with E-state index in [9.17, 15) is 5.11 Å². The first kappa shape index (κ1) is 10.2. The summed E-state index contributed by atoms with van der Waals surface area (Å²) in [4.78, 5) is 0. The van der Waals surface area contributed by atoms with Gasteiger partial charge >= 0.3 is 0 Å².